The normalized spacial score (nSPS) is 12.6. The molecule has 1 N–H and O–H groups in total. The number of hydrogen-bond acceptors (Lipinski definition) is 2. The average Bonchev–Trinajstić information content (AvgIpc) is 2.88. The number of rotatable bonds is 5. The third kappa shape index (κ3) is 2.76. The molecule has 0 spiro atoms. The molecule has 0 bridgehead atoms. The Balaban J connectivity index is 2.10. The van der Waals surface area contributed by atoms with Gasteiger partial charge in [0.05, 0.1) is 6.26 Å². The topological polar surface area (TPSA) is 25.2 Å². The molecule has 0 radical (unpaired) electrons. The number of hydrogen-bond donors (Lipinski definition) is 1. The van der Waals surface area contributed by atoms with Crippen molar-refractivity contribution in [2.75, 3.05) is 7.05 Å². The van der Waals surface area contributed by atoms with Crippen LogP contribution in [-0.4, -0.2) is 7.05 Å². The van der Waals surface area contributed by atoms with Crippen LogP contribution in [0.2, 0.25) is 0 Å². The lowest BCUT2D eigenvalue weighted by Crippen LogP contribution is -2.18. The molecule has 18 heavy (non-hydrogen) atoms. The van der Waals surface area contributed by atoms with Crippen LogP contribution in [0.3, 0.4) is 0 Å². The van der Waals surface area contributed by atoms with Crippen LogP contribution in [0, 0.1) is 11.6 Å². The smallest absolute Gasteiger partial charge is 0.163 e. The Labute approximate surface area is 105 Å². The first-order valence-corrected chi connectivity index (χ1v) is 5.86. The van der Waals surface area contributed by atoms with Crippen LogP contribution in [0.25, 0.3) is 0 Å². The summed E-state index contributed by atoms with van der Waals surface area (Å²) in [5.74, 6) is -0.755. The van der Waals surface area contributed by atoms with Crippen molar-refractivity contribution in [1.82, 2.24) is 5.32 Å². The van der Waals surface area contributed by atoms with E-state index in [2.05, 4.69) is 5.32 Å². The van der Waals surface area contributed by atoms with Gasteiger partial charge in [-0.2, -0.15) is 0 Å². The molecule has 4 heteroatoms. The van der Waals surface area contributed by atoms with Crippen molar-refractivity contribution in [3.63, 3.8) is 0 Å². The van der Waals surface area contributed by atoms with E-state index >= 15 is 0 Å². The fourth-order valence-corrected chi connectivity index (χ4v) is 1.99. The monoisotopic (exact) mass is 251 g/mol. The molecule has 0 saturated carbocycles. The minimum Gasteiger partial charge on any atom is -0.469 e. The minimum atomic E-state index is -0.814. The quantitative estimate of drug-likeness (QED) is 0.880. The van der Waals surface area contributed by atoms with E-state index in [0.717, 1.165) is 11.8 Å². The van der Waals surface area contributed by atoms with Crippen LogP contribution in [0.5, 0.6) is 0 Å². The number of halogens is 2. The van der Waals surface area contributed by atoms with Crippen LogP contribution >= 0.6 is 0 Å². The van der Waals surface area contributed by atoms with E-state index in [1.165, 1.54) is 6.07 Å². The summed E-state index contributed by atoms with van der Waals surface area (Å²) in [5, 5.41) is 3.00. The van der Waals surface area contributed by atoms with E-state index in [4.69, 9.17) is 4.42 Å². The highest BCUT2D eigenvalue weighted by atomic mass is 19.2. The van der Waals surface area contributed by atoms with Gasteiger partial charge in [0.15, 0.2) is 11.6 Å². The first kappa shape index (κ1) is 12.8. The molecule has 2 aromatic rings. The molecule has 2 rings (SSSR count). The number of nitrogens with one attached hydrogen (secondary N) is 1. The zero-order valence-electron chi connectivity index (χ0n) is 10.1. The second kappa shape index (κ2) is 5.78. The van der Waals surface area contributed by atoms with E-state index in [1.54, 1.807) is 19.4 Å². The highest BCUT2D eigenvalue weighted by Crippen LogP contribution is 2.23. The molecule has 0 amide bonds. The molecule has 0 aliphatic rings. The fourth-order valence-electron chi connectivity index (χ4n) is 1.99. The van der Waals surface area contributed by atoms with Crippen LogP contribution in [-0.2, 0) is 6.42 Å². The van der Waals surface area contributed by atoms with Gasteiger partial charge in [0.1, 0.15) is 5.76 Å². The van der Waals surface area contributed by atoms with Crippen LogP contribution < -0.4 is 5.32 Å². The molecule has 96 valence electrons. The van der Waals surface area contributed by atoms with Gasteiger partial charge in [-0.3, -0.25) is 0 Å². The summed E-state index contributed by atoms with van der Waals surface area (Å²) in [6.45, 7) is 0. The summed E-state index contributed by atoms with van der Waals surface area (Å²) in [5.41, 5.74) is 0.351. The molecule has 0 fully saturated rings. The summed E-state index contributed by atoms with van der Waals surface area (Å²) < 4.78 is 32.1. The predicted molar refractivity (Wildman–Crippen MR) is 65.2 cm³/mol. The van der Waals surface area contributed by atoms with Crippen LogP contribution in [0.15, 0.2) is 41.0 Å². The largest absolute Gasteiger partial charge is 0.469 e. The lowest BCUT2D eigenvalue weighted by atomic mass is 10.0. The average molecular weight is 251 g/mol. The van der Waals surface area contributed by atoms with E-state index in [-0.39, 0.29) is 6.04 Å². The van der Waals surface area contributed by atoms with Gasteiger partial charge >= 0.3 is 0 Å². The van der Waals surface area contributed by atoms with Crippen molar-refractivity contribution in [3.8, 4) is 0 Å². The first-order valence-electron chi connectivity index (χ1n) is 5.86. The Bertz CT molecular complexity index is 497. The maximum atomic E-state index is 13.7. The van der Waals surface area contributed by atoms with Crippen molar-refractivity contribution in [3.05, 3.63) is 59.6 Å². The van der Waals surface area contributed by atoms with Gasteiger partial charge in [0.2, 0.25) is 0 Å². The molecule has 1 unspecified atom stereocenters. The molecule has 1 aromatic carbocycles. The fraction of sp³-hybridized carbons (Fsp3) is 0.286. The Hall–Kier alpha value is -1.68. The third-order valence-corrected chi connectivity index (χ3v) is 2.96. The predicted octanol–water partition coefficient (Wildman–Crippen LogP) is 3.45. The van der Waals surface area contributed by atoms with Crippen molar-refractivity contribution in [2.45, 2.75) is 18.9 Å². The summed E-state index contributed by atoms with van der Waals surface area (Å²) in [7, 11) is 1.73. The maximum Gasteiger partial charge on any atom is 0.163 e. The van der Waals surface area contributed by atoms with Gasteiger partial charge in [-0.15, -0.1) is 0 Å². The zero-order valence-corrected chi connectivity index (χ0v) is 10.1. The Kier molecular flexibility index (Phi) is 4.10. The minimum absolute atomic E-state index is 0.231. The molecule has 1 atom stereocenters. The molecule has 2 nitrogen and oxygen atoms in total. The number of aryl methyl sites for hydroxylation is 1. The van der Waals surface area contributed by atoms with Gasteiger partial charge in [-0.25, -0.2) is 8.78 Å². The van der Waals surface area contributed by atoms with Gasteiger partial charge < -0.3 is 9.73 Å². The standard InChI is InChI=1S/C14H15F2NO/c1-17-13(8-7-10-4-3-9-18-10)11-5-2-6-12(15)14(11)16/h2-6,9,13,17H,7-8H2,1H3. The third-order valence-electron chi connectivity index (χ3n) is 2.96. The Morgan fingerprint density at radius 3 is 2.72 bits per heavy atom. The maximum absolute atomic E-state index is 13.7. The summed E-state index contributed by atoms with van der Waals surface area (Å²) in [6.07, 6.45) is 2.92. The van der Waals surface area contributed by atoms with E-state index in [0.29, 0.717) is 18.4 Å². The molecular weight excluding hydrogens is 236 g/mol. The van der Waals surface area contributed by atoms with E-state index in [1.807, 2.05) is 12.1 Å². The van der Waals surface area contributed by atoms with Crippen molar-refractivity contribution in [1.29, 1.82) is 0 Å². The van der Waals surface area contributed by atoms with Crippen molar-refractivity contribution >= 4 is 0 Å². The van der Waals surface area contributed by atoms with Crippen molar-refractivity contribution < 1.29 is 13.2 Å². The SMILES string of the molecule is CNC(CCc1ccco1)c1cccc(F)c1F. The van der Waals surface area contributed by atoms with E-state index < -0.39 is 11.6 Å². The Morgan fingerprint density at radius 2 is 2.06 bits per heavy atom. The first-order chi connectivity index (χ1) is 8.72. The second-order valence-electron chi connectivity index (χ2n) is 4.10. The Morgan fingerprint density at radius 1 is 1.22 bits per heavy atom. The lowest BCUT2D eigenvalue weighted by Gasteiger charge is -2.16. The van der Waals surface area contributed by atoms with Crippen LogP contribution in [0.4, 0.5) is 8.78 Å². The summed E-state index contributed by atoms with van der Waals surface area (Å²) in [6, 6.07) is 7.69. The second-order valence-corrected chi connectivity index (χ2v) is 4.10. The molecular formula is C14H15F2NO. The molecule has 0 aliphatic carbocycles. The van der Waals surface area contributed by atoms with Gasteiger partial charge in [0, 0.05) is 18.0 Å². The highest BCUT2D eigenvalue weighted by molar-refractivity contribution is 5.22. The molecule has 1 heterocycles. The number of furan rings is 1. The lowest BCUT2D eigenvalue weighted by molar-refractivity contribution is 0.443. The van der Waals surface area contributed by atoms with Gasteiger partial charge in [0.25, 0.3) is 0 Å². The number of benzene rings is 1. The van der Waals surface area contributed by atoms with Crippen molar-refractivity contribution in [2.24, 2.45) is 0 Å². The summed E-state index contributed by atoms with van der Waals surface area (Å²) in [4.78, 5) is 0. The molecule has 0 aliphatic heterocycles. The molecule has 1 aromatic heterocycles. The highest BCUT2D eigenvalue weighted by Gasteiger charge is 2.16. The van der Waals surface area contributed by atoms with Gasteiger partial charge in [-0.1, -0.05) is 12.1 Å². The zero-order chi connectivity index (χ0) is 13.0. The summed E-state index contributed by atoms with van der Waals surface area (Å²) >= 11 is 0. The van der Waals surface area contributed by atoms with Gasteiger partial charge in [-0.05, 0) is 31.7 Å². The molecule has 0 saturated heterocycles. The van der Waals surface area contributed by atoms with E-state index in [9.17, 15) is 8.78 Å². The van der Waals surface area contributed by atoms with Crippen LogP contribution in [0.1, 0.15) is 23.8 Å².